The fourth-order valence-electron chi connectivity index (χ4n) is 3.64. The monoisotopic (exact) mass is 464 g/mol. The molecule has 1 aliphatic rings. The molecular weight excluding hydrogens is 442 g/mol. The van der Waals surface area contributed by atoms with Crippen LogP contribution in [0.1, 0.15) is 40.9 Å². The van der Waals surface area contributed by atoms with Crippen LogP contribution in [-0.2, 0) is 11.2 Å². The molecule has 0 bridgehead atoms. The Labute approximate surface area is 175 Å². The second-order valence-corrected chi connectivity index (χ2v) is 10.0. The molecule has 0 amide bonds. The van der Waals surface area contributed by atoms with Crippen molar-refractivity contribution in [3.8, 4) is 10.0 Å². The van der Waals surface area contributed by atoms with Crippen molar-refractivity contribution in [1.82, 2.24) is 0 Å². The van der Waals surface area contributed by atoms with E-state index in [9.17, 15) is 9.50 Å². The summed E-state index contributed by atoms with van der Waals surface area (Å²) in [6.07, 6.45) is 3.72. The van der Waals surface area contributed by atoms with Gasteiger partial charge in [-0.05, 0) is 0 Å². The van der Waals surface area contributed by atoms with E-state index in [4.69, 9.17) is 16.3 Å². The number of hydrogen-bond acceptors (Lipinski definition) is 2. The summed E-state index contributed by atoms with van der Waals surface area (Å²) in [5.74, 6) is -0.208. The molecule has 1 fully saturated rings. The fourth-order valence-corrected chi connectivity index (χ4v) is 6.00. The van der Waals surface area contributed by atoms with E-state index in [0.29, 0.717) is 0 Å². The Balaban J connectivity index is 1.52. The van der Waals surface area contributed by atoms with Crippen molar-refractivity contribution >= 4 is 26.1 Å². The molecule has 1 aromatic heterocycles. The molecule has 0 spiro atoms. The molecule has 2 aromatic carbocycles. The third kappa shape index (κ3) is 4.59. The number of hydrogen-bond donors (Lipinski definition) is 1. The summed E-state index contributed by atoms with van der Waals surface area (Å²) in [6.45, 7) is 0.0736. The first-order valence-corrected chi connectivity index (χ1v) is 11.6. The number of rotatable bonds is 5. The molecule has 1 N–H and O–H groups in total. The summed E-state index contributed by atoms with van der Waals surface area (Å²) in [5, 5.41) is 10.2. The Morgan fingerprint density at radius 3 is 2.68 bits per heavy atom. The Bertz CT molecular complexity index is 938. The summed E-state index contributed by atoms with van der Waals surface area (Å²) in [7, 11) is 0. The molecule has 2 heterocycles. The first-order chi connectivity index (χ1) is 13.6. The molecule has 28 heavy (non-hydrogen) atoms. The number of aliphatic hydroxyl groups is 1. The predicted octanol–water partition coefficient (Wildman–Crippen LogP) is 5.40. The molecule has 5 heteroatoms. The van der Waals surface area contributed by atoms with Crippen LogP contribution >= 0.6 is 11.6 Å². The summed E-state index contributed by atoms with van der Waals surface area (Å²) in [6, 6.07) is 17.1. The minimum absolute atomic E-state index is 0.0258. The summed E-state index contributed by atoms with van der Waals surface area (Å²) >= 11 is 6.69. The standard InChI is InChI=1S/C23H22ClFO2Se/c24-21-10-6-16(22-3-1-2-19(14-26)27-22)12-17(21)13-20-9-11-23(28-20)15-4-7-18(25)8-5-15/h4-12,19,22,26H,1-3,13-14H2. The molecule has 2 nitrogen and oxygen atoms in total. The van der Waals surface area contributed by atoms with Crippen LogP contribution in [0.5, 0.6) is 0 Å². The van der Waals surface area contributed by atoms with Crippen LogP contribution in [0.25, 0.3) is 10.0 Å². The van der Waals surface area contributed by atoms with E-state index in [-0.39, 0.29) is 39.1 Å². The normalized spacial score (nSPS) is 19.7. The summed E-state index contributed by atoms with van der Waals surface area (Å²) in [5.41, 5.74) is 3.32. The maximum atomic E-state index is 13.2. The molecular formula is C23H22ClFO2Se. The van der Waals surface area contributed by atoms with E-state index in [1.54, 1.807) is 0 Å². The van der Waals surface area contributed by atoms with Gasteiger partial charge in [0.15, 0.2) is 0 Å². The minimum atomic E-state index is -0.208. The van der Waals surface area contributed by atoms with Gasteiger partial charge in [0.1, 0.15) is 0 Å². The average molecular weight is 464 g/mol. The Kier molecular flexibility index (Phi) is 6.35. The average Bonchev–Trinajstić information content (AvgIpc) is 3.19. The van der Waals surface area contributed by atoms with Gasteiger partial charge in [-0.2, -0.15) is 0 Å². The Hall–Kier alpha value is -1.42. The molecule has 4 rings (SSSR count). The Morgan fingerprint density at radius 1 is 1.07 bits per heavy atom. The molecule has 2 atom stereocenters. The number of aliphatic hydroxyl groups excluding tert-OH is 1. The SMILES string of the molecule is OCC1CCCC(c2ccc(Cl)c(Cc3ccc(-c4ccc(F)cc4)[se]3)c2)O1. The third-order valence-electron chi connectivity index (χ3n) is 5.15. The third-order valence-corrected chi connectivity index (χ3v) is 7.90. The van der Waals surface area contributed by atoms with Crippen LogP contribution in [0.15, 0.2) is 54.6 Å². The molecule has 0 radical (unpaired) electrons. The molecule has 0 saturated carbocycles. The molecule has 1 aliphatic heterocycles. The van der Waals surface area contributed by atoms with Gasteiger partial charge in [-0.15, -0.1) is 0 Å². The first-order valence-electron chi connectivity index (χ1n) is 9.51. The zero-order valence-electron chi connectivity index (χ0n) is 15.4. The maximum absolute atomic E-state index is 13.2. The van der Waals surface area contributed by atoms with Gasteiger partial charge in [-0.1, -0.05) is 0 Å². The van der Waals surface area contributed by atoms with Gasteiger partial charge in [0, 0.05) is 0 Å². The van der Waals surface area contributed by atoms with Crippen LogP contribution in [0.4, 0.5) is 4.39 Å². The number of halogens is 2. The van der Waals surface area contributed by atoms with Gasteiger partial charge in [0.25, 0.3) is 0 Å². The predicted molar refractivity (Wildman–Crippen MR) is 112 cm³/mol. The fraction of sp³-hybridized carbons (Fsp3) is 0.304. The molecule has 2 unspecified atom stereocenters. The van der Waals surface area contributed by atoms with Crippen LogP contribution in [-0.4, -0.2) is 32.3 Å². The molecule has 0 aliphatic carbocycles. The van der Waals surface area contributed by atoms with Gasteiger partial charge < -0.3 is 0 Å². The number of ether oxygens (including phenoxy) is 1. The second kappa shape index (κ2) is 8.94. The molecule has 3 aromatic rings. The zero-order valence-corrected chi connectivity index (χ0v) is 17.9. The van der Waals surface area contributed by atoms with Gasteiger partial charge in [-0.3, -0.25) is 0 Å². The van der Waals surface area contributed by atoms with Gasteiger partial charge in [0.2, 0.25) is 0 Å². The van der Waals surface area contributed by atoms with Crippen LogP contribution in [0.2, 0.25) is 5.02 Å². The van der Waals surface area contributed by atoms with Crippen molar-refractivity contribution in [1.29, 1.82) is 0 Å². The summed E-state index contributed by atoms with van der Waals surface area (Å²) in [4.78, 5) is 0. The van der Waals surface area contributed by atoms with E-state index >= 15 is 0 Å². The Morgan fingerprint density at radius 2 is 1.89 bits per heavy atom. The van der Waals surface area contributed by atoms with Crippen LogP contribution < -0.4 is 0 Å². The van der Waals surface area contributed by atoms with Crippen molar-refractivity contribution in [2.75, 3.05) is 6.61 Å². The summed E-state index contributed by atoms with van der Waals surface area (Å²) < 4.78 is 21.8. The van der Waals surface area contributed by atoms with Crippen molar-refractivity contribution in [3.05, 3.63) is 81.0 Å². The topological polar surface area (TPSA) is 29.5 Å². The zero-order chi connectivity index (χ0) is 19.5. The van der Waals surface area contributed by atoms with Crippen molar-refractivity contribution < 1.29 is 14.2 Å². The van der Waals surface area contributed by atoms with Crippen molar-refractivity contribution in [3.63, 3.8) is 0 Å². The van der Waals surface area contributed by atoms with E-state index < -0.39 is 0 Å². The van der Waals surface area contributed by atoms with E-state index in [1.165, 1.54) is 21.0 Å². The van der Waals surface area contributed by atoms with Crippen LogP contribution in [0.3, 0.4) is 0 Å². The quantitative estimate of drug-likeness (QED) is 0.514. The van der Waals surface area contributed by atoms with Gasteiger partial charge in [-0.25, -0.2) is 0 Å². The van der Waals surface area contributed by atoms with Gasteiger partial charge in [0.05, 0.1) is 0 Å². The first kappa shape index (κ1) is 19.9. The van der Waals surface area contributed by atoms with E-state index in [1.807, 2.05) is 24.3 Å². The number of benzene rings is 2. The van der Waals surface area contributed by atoms with Crippen LogP contribution in [0, 0.1) is 5.82 Å². The molecule has 1 saturated heterocycles. The van der Waals surface area contributed by atoms with Crippen molar-refractivity contribution in [2.24, 2.45) is 0 Å². The van der Waals surface area contributed by atoms with Crippen molar-refractivity contribution in [2.45, 2.75) is 37.9 Å². The second-order valence-electron chi connectivity index (χ2n) is 7.16. The van der Waals surface area contributed by atoms with Gasteiger partial charge >= 0.3 is 176 Å². The molecule has 146 valence electrons. The van der Waals surface area contributed by atoms with E-state index in [2.05, 4.69) is 18.2 Å². The van der Waals surface area contributed by atoms with E-state index in [0.717, 1.165) is 47.4 Å².